The van der Waals surface area contributed by atoms with Crippen LogP contribution in [0.25, 0.3) is 10.9 Å². The second-order valence-corrected chi connectivity index (χ2v) is 9.09. The lowest BCUT2D eigenvalue weighted by molar-refractivity contribution is 0.161. The van der Waals surface area contributed by atoms with Crippen LogP contribution in [0.2, 0.25) is 0 Å². The summed E-state index contributed by atoms with van der Waals surface area (Å²) in [5, 5.41) is 13.4. The molecule has 3 heterocycles. The Labute approximate surface area is 218 Å². The summed E-state index contributed by atoms with van der Waals surface area (Å²) < 4.78 is 20.4. The second kappa shape index (κ2) is 11.3. The highest BCUT2D eigenvalue weighted by Crippen LogP contribution is 2.27. The number of fused-ring (bicyclic) bond motifs is 1. The molecular weight excluding hydrogens is 485 g/mol. The summed E-state index contributed by atoms with van der Waals surface area (Å²) in [6.45, 7) is 3.37. The fourth-order valence-electron chi connectivity index (χ4n) is 4.62. The highest BCUT2D eigenvalue weighted by atomic mass is 19.1. The molecule has 0 bridgehead atoms. The topological polar surface area (TPSA) is 102 Å². The molecule has 10 heteroatoms. The average Bonchev–Trinajstić information content (AvgIpc) is 3.38. The van der Waals surface area contributed by atoms with Crippen LogP contribution in [-0.4, -0.2) is 42.2 Å². The lowest BCUT2D eigenvalue weighted by atomic mass is 10.1. The van der Waals surface area contributed by atoms with Gasteiger partial charge in [-0.05, 0) is 69.8 Å². The molecule has 3 aromatic heterocycles. The molecular formula is C28H28FN7O2. The standard InChI is InChI=1S/C28H28FN7O2/c1-3-26(27-32-33-34-36(27)17-19-6-9-23(29)10-7-19)35(16-20-5-4-12-30-15-20)18-22-13-21-8-11-24(38-2)14-25(21)31-28(22)37/h4-15,26H,3,16-18H2,1-2H3,(H,31,37). The molecule has 0 saturated heterocycles. The number of tetrazole rings is 1. The molecule has 1 unspecified atom stereocenters. The van der Waals surface area contributed by atoms with Crippen molar-refractivity contribution in [2.24, 2.45) is 0 Å². The monoisotopic (exact) mass is 513 g/mol. The molecule has 0 spiro atoms. The van der Waals surface area contributed by atoms with Gasteiger partial charge < -0.3 is 9.72 Å². The maximum Gasteiger partial charge on any atom is 0.252 e. The number of ether oxygens (including phenoxy) is 1. The number of methoxy groups -OCH3 is 1. The van der Waals surface area contributed by atoms with Crippen molar-refractivity contribution in [1.82, 2.24) is 35.1 Å². The average molecular weight is 514 g/mol. The van der Waals surface area contributed by atoms with Crippen molar-refractivity contribution >= 4 is 10.9 Å². The van der Waals surface area contributed by atoms with Crippen LogP contribution in [0, 0.1) is 5.82 Å². The maximum atomic E-state index is 13.4. The smallest absolute Gasteiger partial charge is 0.252 e. The predicted octanol–water partition coefficient (Wildman–Crippen LogP) is 4.26. The molecule has 5 rings (SSSR count). The molecule has 0 fully saturated rings. The van der Waals surface area contributed by atoms with Gasteiger partial charge in [-0.25, -0.2) is 9.07 Å². The highest BCUT2D eigenvalue weighted by molar-refractivity contribution is 5.80. The molecule has 0 aliphatic carbocycles. The van der Waals surface area contributed by atoms with Crippen LogP contribution >= 0.6 is 0 Å². The van der Waals surface area contributed by atoms with Crippen LogP contribution in [0.1, 0.15) is 41.9 Å². The molecule has 1 N–H and O–H groups in total. The summed E-state index contributed by atoms with van der Waals surface area (Å²) in [6.07, 6.45) is 4.25. The molecule has 2 aromatic carbocycles. The SMILES string of the molecule is CCC(c1nnnn1Cc1ccc(F)cc1)N(Cc1cccnc1)Cc1cc2ccc(OC)cc2[nH]c1=O. The summed E-state index contributed by atoms with van der Waals surface area (Å²) in [5.74, 6) is 1.06. The molecule has 5 aromatic rings. The maximum absolute atomic E-state index is 13.4. The second-order valence-electron chi connectivity index (χ2n) is 9.09. The third-order valence-electron chi connectivity index (χ3n) is 6.54. The summed E-state index contributed by atoms with van der Waals surface area (Å²) in [4.78, 5) is 22.6. The molecule has 38 heavy (non-hydrogen) atoms. The zero-order valence-electron chi connectivity index (χ0n) is 21.2. The van der Waals surface area contributed by atoms with Gasteiger partial charge in [-0.1, -0.05) is 25.1 Å². The Hall–Kier alpha value is -4.44. The number of halogens is 1. The van der Waals surface area contributed by atoms with Crippen LogP contribution in [0.4, 0.5) is 4.39 Å². The van der Waals surface area contributed by atoms with Crippen LogP contribution in [0.5, 0.6) is 5.75 Å². The molecule has 194 valence electrons. The first kappa shape index (κ1) is 25.2. The van der Waals surface area contributed by atoms with Gasteiger partial charge in [0, 0.05) is 37.1 Å². The summed E-state index contributed by atoms with van der Waals surface area (Å²) in [5.41, 5.74) is 3.07. The van der Waals surface area contributed by atoms with Crippen molar-refractivity contribution in [2.45, 2.75) is 39.0 Å². The normalized spacial score (nSPS) is 12.2. The number of rotatable bonds is 10. The van der Waals surface area contributed by atoms with E-state index in [1.807, 2.05) is 42.6 Å². The van der Waals surface area contributed by atoms with Gasteiger partial charge in [0.15, 0.2) is 5.82 Å². The van der Waals surface area contributed by atoms with Crippen molar-refractivity contribution in [3.05, 3.63) is 112 Å². The first-order chi connectivity index (χ1) is 18.5. The molecule has 0 aliphatic heterocycles. The zero-order valence-corrected chi connectivity index (χ0v) is 21.2. The Kier molecular flexibility index (Phi) is 7.50. The van der Waals surface area contributed by atoms with Gasteiger partial charge in [0.2, 0.25) is 0 Å². The van der Waals surface area contributed by atoms with Crippen LogP contribution in [-0.2, 0) is 19.6 Å². The van der Waals surface area contributed by atoms with Gasteiger partial charge in [-0.2, -0.15) is 0 Å². The van der Waals surface area contributed by atoms with Gasteiger partial charge >= 0.3 is 0 Å². The summed E-state index contributed by atoms with van der Waals surface area (Å²) in [7, 11) is 1.60. The van der Waals surface area contributed by atoms with Crippen molar-refractivity contribution in [3.63, 3.8) is 0 Å². The van der Waals surface area contributed by atoms with E-state index in [2.05, 4.69) is 37.3 Å². The van der Waals surface area contributed by atoms with Crippen LogP contribution in [0.3, 0.4) is 0 Å². The number of aromatic amines is 1. The van der Waals surface area contributed by atoms with Crippen molar-refractivity contribution in [2.75, 3.05) is 7.11 Å². The zero-order chi connectivity index (χ0) is 26.5. The third kappa shape index (κ3) is 5.60. The van der Waals surface area contributed by atoms with Crippen LogP contribution < -0.4 is 10.3 Å². The number of hydrogen-bond acceptors (Lipinski definition) is 7. The first-order valence-corrected chi connectivity index (χ1v) is 12.4. The van der Waals surface area contributed by atoms with Gasteiger partial charge in [0.1, 0.15) is 11.6 Å². The Morgan fingerprint density at radius 3 is 2.66 bits per heavy atom. The minimum atomic E-state index is -0.293. The van der Waals surface area contributed by atoms with Gasteiger partial charge in [0.05, 0.1) is 25.2 Å². The Morgan fingerprint density at radius 1 is 1.08 bits per heavy atom. The quantitative estimate of drug-likeness (QED) is 0.298. The van der Waals surface area contributed by atoms with Crippen molar-refractivity contribution in [3.8, 4) is 5.75 Å². The molecule has 9 nitrogen and oxygen atoms in total. The Morgan fingerprint density at radius 2 is 1.92 bits per heavy atom. The highest BCUT2D eigenvalue weighted by Gasteiger charge is 2.26. The van der Waals surface area contributed by atoms with Crippen molar-refractivity contribution in [1.29, 1.82) is 0 Å². The van der Waals surface area contributed by atoms with Gasteiger partial charge in [-0.15, -0.1) is 5.10 Å². The molecule has 1 atom stereocenters. The number of aromatic nitrogens is 6. The number of nitrogens with one attached hydrogen (secondary N) is 1. The first-order valence-electron chi connectivity index (χ1n) is 12.4. The van der Waals surface area contributed by atoms with Gasteiger partial charge in [0.25, 0.3) is 5.56 Å². The largest absolute Gasteiger partial charge is 0.497 e. The fourth-order valence-corrected chi connectivity index (χ4v) is 4.62. The number of hydrogen-bond donors (Lipinski definition) is 1. The van der Waals surface area contributed by atoms with E-state index in [1.54, 1.807) is 30.1 Å². The van der Waals surface area contributed by atoms with E-state index in [4.69, 9.17) is 4.74 Å². The van der Waals surface area contributed by atoms with E-state index in [1.165, 1.54) is 12.1 Å². The third-order valence-corrected chi connectivity index (χ3v) is 6.54. The van der Waals surface area contributed by atoms with E-state index in [0.717, 1.165) is 16.5 Å². The fraction of sp³-hybridized carbons (Fsp3) is 0.250. The molecule has 0 amide bonds. The Bertz CT molecular complexity index is 1570. The lowest BCUT2D eigenvalue weighted by Crippen LogP contribution is -2.32. The van der Waals surface area contributed by atoms with E-state index >= 15 is 0 Å². The number of pyridine rings is 2. The van der Waals surface area contributed by atoms with E-state index < -0.39 is 0 Å². The number of nitrogens with zero attached hydrogens (tertiary/aromatic N) is 6. The molecule has 0 saturated carbocycles. The van der Waals surface area contributed by atoms with E-state index in [0.29, 0.717) is 48.7 Å². The Balaban J connectivity index is 1.50. The van der Waals surface area contributed by atoms with Crippen LogP contribution in [0.15, 0.2) is 77.9 Å². The lowest BCUT2D eigenvalue weighted by Gasteiger charge is -2.30. The summed E-state index contributed by atoms with van der Waals surface area (Å²) in [6, 6.07) is 17.5. The minimum Gasteiger partial charge on any atom is -0.497 e. The number of benzene rings is 2. The van der Waals surface area contributed by atoms with E-state index in [-0.39, 0.29) is 17.4 Å². The predicted molar refractivity (Wildman–Crippen MR) is 141 cm³/mol. The van der Waals surface area contributed by atoms with E-state index in [9.17, 15) is 9.18 Å². The minimum absolute atomic E-state index is 0.164. The van der Waals surface area contributed by atoms with Gasteiger partial charge in [-0.3, -0.25) is 14.7 Å². The molecule has 0 aliphatic rings. The van der Waals surface area contributed by atoms with Crippen molar-refractivity contribution < 1.29 is 9.13 Å². The molecule has 0 radical (unpaired) electrons. The summed E-state index contributed by atoms with van der Waals surface area (Å²) >= 11 is 0. The number of H-pyrrole nitrogens is 1.